The number of hydrogen-bond acceptors (Lipinski definition) is 1. The zero-order valence-corrected chi connectivity index (χ0v) is 15.5. The van der Waals surface area contributed by atoms with Gasteiger partial charge in [-0.2, -0.15) is 0 Å². The molecule has 3 aromatic rings. The van der Waals surface area contributed by atoms with E-state index >= 15 is 0 Å². The number of nitrogens with zero attached hydrogens (tertiary/aromatic N) is 1. The molecule has 0 N–H and O–H groups in total. The lowest BCUT2D eigenvalue weighted by molar-refractivity contribution is 0.0694. The lowest BCUT2D eigenvalue weighted by Crippen LogP contribution is -2.40. The SMILES string of the molecule is O=C(c1cccc(Cl)c1)N1CCc2ccccc2C1c1ccc(Cl)cc1. The first-order valence-electron chi connectivity index (χ1n) is 8.53. The molecule has 0 aliphatic carbocycles. The van der Waals surface area contributed by atoms with Crippen molar-refractivity contribution in [1.29, 1.82) is 0 Å². The average Bonchev–Trinajstić information content (AvgIpc) is 2.67. The van der Waals surface area contributed by atoms with Gasteiger partial charge in [-0.3, -0.25) is 4.79 Å². The second kappa shape index (κ2) is 7.14. The van der Waals surface area contributed by atoms with Crippen LogP contribution >= 0.6 is 23.2 Å². The minimum atomic E-state index is -0.135. The van der Waals surface area contributed by atoms with Crippen molar-refractivity contribution in [3.05, 3.63) is 105 Å². The smallest absolute Gasteiger partial charge is 0.254 e. The summed E-state index contributed by atoms with van der Waals surface area (Å²) < 4.78 is 0. The molecular weight excluding hydrogens is 365 g/mol. The summed E-state index contributed by atoms with van der Waals surface area (Å²) in [5, 5.41) is 1.25. The highest BCUT2D eigenvalue weighted by molar-refractivity contribution is 6.31. The van der Waals surface area contributed by atoms with Crippen LogP contribution in [0, 0.1) is 0 Å². The fourth-order valence-corrected chi connectivity index (χ4v) is 3.89. The van der Waals surface area contributed by atoms with Gasteiger partial charge in [-0.05, 0) is 53.4 Å². The van der Waals surface area contributed by atoms with Crippen LogP contribution in [0.3, 0.4) is 0 Å². The van der Waals surface area contributed by atoms with Crippen molar-refractivity contribution >= 4 is 29.1 Å². The van der Waals surface area contributed by atoms with E-state index in [1.165, 1.54) is 5.56 Å². The third kappa shape index (κ3) is 3.23. The van der Waals surface area contributed by atoms with Gasteiger partial charge >= 0.3 is 0 Å². The van der Waals surface area contributed by atoms with Crippen molar-refractivity contribution < 1.29 is 4.79 Å². The van der Waals surface area contributed by atoms with E-state index in [-0.39, 0.29) is 11.9 Å². The van der Waals surface area contributed by atoms with Gasteiger partial charge in [0.25, 0.3) is 5.91 Å². The van der Waals surface area contributed by atoms with Gasteiger partial charge in [0.15, 0.2) is 0 Å². The van der Waals surface area contributed by atoms with Gasteiger partial charge in [-0.1, -0.05) is 65.7 Å². The first-order valence-corrected chi connectivity index (χ1v) is 9.29. The standard InChI is InChI=1S/C22H17Cl2NO/c23-18-10-8-16(9-11-18)21-20-7-2-1-4-15(20)12-13-25(21)22(26)17-5-3-6-19(24)14-17/h1-11,14,21H,12-13H2. The number of benzene rings is 3. The maximum atomic E-state index is 13.3. The molecule has 0 saturated heterocycles. The highest BCUT2D eigenvalue weighted by Gasteiger charge is 2.32. The lowest BCUT2D eigenvalue weighted by Gasteiger charge is -2.38. The van der Waals surface area contributed by atoms with E-state index in [0.29, 0.717) is 22.2 Å². The monoisotopic (exact) mass is 381 g/mol. The Balaban J connectivity index is 1.80. The Bertz CT molecular complexity index is 952. The summed E-state index contributed by atoms with van der Waals surface area (Å²) in [4.78, 5) is 15.2. The number of carbonyl (C=O) groups excluding carboxylic acids is 1. The fourth-order valence-electron chi connectivity index (χ4n) is 3.58. The molecule has 1 amide bonds. The molecule has 0 spiro atoms. The van der Waals surface area contributed by atoms with Crippen LogP contribution in [0.1, 0.15) is 33.1 Å². The van der Waals surface area contributed by atoms with E-state index < -0.39 is 0 Å². The molecule has 1 aliphatic heterocycles. The molecule has 4 rings (SSSR count). The van der Waals surface area contributed by atoms with Crippen LogP contribution in [-0.2, 0) is 6.42 Å². The molecule has 1 heterocycles. The minimum Gasteiger partial charge on any atom is -0.327 e. The Hall–Kier alpha value is -2.29. The maximum absolute atomic E-state index is 13.3. The van der Waals surface area contributed by atoms with Crippen LogP contribution in [0.15, 0.2) is 72.8 Å². The number of fused-ring (bicyclic) bond motifs is 1. The van der Waals surface area contributed by atoms with Gasteiger partial charge in [0, 0.05) is 22.2 Å². The topological polar surface area (TPSA) is 20.3 Å². The molecule has 1 atom stereocenters. The fraction of sp³-hybridized carbons (Fsp3) is 0.136. The number of hydrogen-bond donors (Lipinski definition) is 0. The third-order valence-electron chi connectivity index (χ3n) is 4.80. The first-order chi connectivity index (χ1) is 12.6. The van der Waals surface area contributed by atoms with Crippen molar-refractivity contribution in [1.82, 2.24) is 4.90 Å². The van der Waals surface area contributed by atoms with Gasteiger partial charge in [-0.15, -0.1) is 0 Å². The largest absolute Gasteiger partial charge is 0.327 e. The highest BCUT2D eigenvalue weighted by atomic mass is 35.5. The zero-order valence-electron chi connectivity index (χ0n) is 14.0. The molecule has 26 heavy (non-hydrogen) atoms. The summed E-state index contributed by atoms with van der Waals surface area (Å²) in [7, 11) is 0. The molecular formula is C22H17Cl2NO. The number of amides is 1. The molecule has 0 radical (unpaired) electrons. The Kier molecular flexibility index (Phi) is 4.71. The molecule has 0 aromatic heterocycles. The van der Waals surface area contributed by atoms with Crippen molar-refractivity contribution in [2.75, 3.05) is 6.54 Å². The summed E-state index contributed by atoms with van der Waals surface area (Å²) >= 11 is 12.2. The van der Waals surface area contributed by atoms with Crippen LogP contribution in [0.4, 0.5) is 0 Å². The van der Waals surface area contributed by atoms with Crippen LogP contribution < -0.4 is 0 Å². The maximum Gasteiger partial charge on any atom is 0.254 e. The molecule has 3 aromatic carbocycles. The normalized spacial score (nSPS) is 16.2. The summed E-state index contributed by atoms with van der Waals surface area (Å²) in [6.45, 7) is 0.662. The van der Waals surface area contributed by atoms with Crippen molar-refractivity contribution in [3.8, 4) is 0 Å². The van der Waals surface area contributed by atoms with E-state index in [2.05, 4.69) is 12.1 Å². The van der Waals surface area contributed by atoms with Gasteiger partial charge in [0.1, 0.15) is 0 Å². The predicted molar refractivity (Wildman–Crippen MR) is 106 cm³/mol. The molecule has 4 heteroatoms. The molecule has 0 bridgehead atoms. The van der Waals surface area contributed by atoms with E-state index in [9.17, 15) is 4.79 Å². The van der Waals surface area contributed by atoms with Gasteiger partial charge in [0.05, 0.1) is 6.04 Å². The molecule has 1 aliphatic rings. The number of carbonyl (C=O) groups is 1. The second-order valence-corrected chi connectivity index (χ2v) is 7.28. The Morgan fingerprint density at radius 2 is 1.65 bits per heavy atom. The number of rotatable bonds is 2. The quantitative estimate of drug-likeness (QED) is 0.550. The average molecular weight is 382 g/mol. The minimum absolute atomic E-state index is 0.0121. The lowest BCUT2D eigenvalue weighted by atomic mass is 9.87. The summed E-state index contributed by atoms with van der Waals surface area (Å²) in [6, 6.07) is 23.0. The summed E-state index contributed by atoms with van der Waals surface area (Å²) in [6.07, 6.45) is 0.840. The Labute approximate surface area is 163 Å². The first kappa shape index (κ1) is 17.1. The molecule has 1 unspecified atom stereocenters. The van der Waals surface area contributed by atoms with Crippen molar-refractivity contribution in [2.24, 2.45) is 0 Å². The van der Waals surface area contributed by atoms with Crippen LogP contribution in [0.2, 0.25) is 10.0 Å². The highest BCUT2D eigenvalue weighted by Crippen LogP contribution is 2.36. The van der Waals surface area contributed by atoms with E-state index in [1.807, 2.05) is 53.4 Å². The van der Waals surface area contributed by atoms with Gasteiger partial charge < -0.3 is 4.90 Å². The third-order valence-corrected chi connectivity index (χ3v) is 5.29. The van der Waals surface area contributed by atoms with Crippen molar-refractivity contribution in [3.63, 3.8) is 0 Å². The van der Waals surface area contributed by atoms with Crippen LogP contribution in [0.25, 0.3) is 0 Å². The van der Waals surface area contributed by atoms with Crippen LogP contribution in [0.5, 0.6) is 0 Å². The summed E-state index contributed by atoms with van der Waals surface area (Å²) in [5.41, 5.74) is 4.10. The van der Waals surface area contributed by atoms with Gasteiger partial charge in [0.2, 0.25) is 0 Å². The van der Waals surface area contributed by atoms with Gasteiger partial charge in [-0.25, -0.2) is 0 Å². The van der Waals surface area contributed by atoms with Crippen molar-refractivity contribution in [2.45, 2.75) is 12.5 Å². The van der Waals surface area contributed by atoms with E-state index in [4.69, 9.17) is 23.2 Å². The summed E-state index contributed by atoms with van der Waals surface area (Å²) in [5.74, 6) is -0.0121. The molecule has 2 nitrogen and oxygen atoms in total. The zero-order chi connectivity index (χ0) is 18.1. The Morgan fingerprint density at radius 3 is 2.42 bits per heavy atom. The molecule has 130 valence electrons. The predicted octanol–water partition coefficient (Wildman–Crippen LogP) is 5.78. The molecule has 0 fully saturated rings. The van der Waals surface area contributed by atoms with Crippen LogP contribution in [-0.4, -0.2) is 17.4 Å². The number of halogens is 2. The second-order valence-electron chi connectivity index (χ2n) is 6.41. The molecule has 0 saturated carbocycles. The van der Waals surface area contributed by atoms with E-state index in [0.717, 1.165) is 17.5 Å². The Morgan fingerprint density at radius 1 is 0.885 bits per heavy atom. The van der Waals surface area contributed by atoms with E-state index in [1.54, 1.807) is 12.1 Å².